The molecule has 0 aromatic heterocycles. The zero-order valence-corrected chi connectivity index (χ0v) is 10.6. The molecular weight excluding hydrogens is 214 g/mol. The topological polar surface area (TPSA) is 40.5 Å². The van der Waals surface area contributed by atoms with E-state index in [-0.39, 0.29) is 11.5 Å². The van der Waals surface area contributed by atoms with Crippen molar-refractivity contribution in [2.45, 2.75) is 26.7 Å². The summed E-state index contributed by atoms with van der Waals surface area (Å²) in [6.07, 6.45) is 1.06. The van der Waals surface area contributed by atoms with Crippen molar-refractivity contribution in [3.8, 4) is 5.75 Å². The molecule has 3 nitrogen and oxygen atoms in total. The van der Waals surface area contributed by atoms with Crippen LogP contribution in [0.5, 0.6) is 5.75 Å². The van der Waals surface area contributed by atoms with Gasteiger partial charge in [0.15, 0.2) is 0 Å². The van der Waals surface area contributed by atoms with Gasteiger partial charge in [-0.15, -0.1) is 0 Å². The maximum Gasteiger partial charge on any atom is 0.138 e. The number of rotatable bonds is 7. The Morgan fingerprint density at radius 2 is 1.76 bits per heavy atom. The van der Waals surface area contributed by atoms with Crippen LogP contribution in [-0.2, 0) is 11.2 Å². The van der Waals surface area contributed by atoms with Gasteiger partial charge in [0.05, 0.1) is 0 Å². The van der Waals surface area contributed by atoms with E-state index in [1.165, 1.54) is 0 Å². The molecule has 3 heteroatoms. The van der Waals surface area contributed by atoms with E-state index >= 15 is 0 Å². The molecule has 1 rings (SSSR count). The Labute approximate surface area is 103 Å². The Morgan fingerprint density at radius 1 is 1.18 bits per heavy atom. The van der Waals surface area contributed by atoms with Crippen LogP contribution in [0.3, 0.4) is 0 Å². The average molecular weight is 235 g/mol. The normalized spacial score (nSPS) is 10.8. The molecule has 1 N–H and O–H groups in total. The first kappa shape index (κ1) is 13.7. The molecule has 0 amide bonds. The molecule has 0 aliphatic carbocycles. The van der Waals surface area contributed by atoms with E-state index in [2.05, 4.69) is 18.7 Å². The molecule has 0 unspecified atom stereocenters. The fourth-order valence-corrected chi connectivity index (χ4v) is 1.75. The predicted octanol–water partition coefficient (Wildman–Crippen LogP) is 2.24. The van der Waals surface area contributed by atoms with Crippen molar-refractivity contribution in [1.82, 2.24) is 4.90 Å². The Bertz CT molecular complexity index is 342. The van der Waals surface area contributed by atoms with Crippen LogP contribution in [0.15, 0.2) is 24.3 Å². The number of hydrogen-bond acceptors (Lipinski definition) is 3. The molecule has 0 saturated carbocycles. The zero-order chi connectivity index (χ0) is 12.7. The molecule has 17 heavy (non-hydrogen) atoms. The van der Waals surface area contributed by atoms with Gasteiger partial charge in [-0.05, 0) is 30.8 Å². The molecule has 0 fully saturated rings. The molecule has 0 atom stereocenters. The van der Waals surface area contributed by atoms with Gasteiger partial charge in [0.2, 0.25) is 0 Å². The highest BCUT2D eigenvalue weighted by Crippen LogP contribution is 2.10. The van der Waals surface area contributed by atoms with Crippen LogP contribution < -0.4 is 0 Å². The van der Waals surface area contributed by atoms with Gasteiger partial charge in [-0.3, -0.25) is 4.79 Å². The smallest absolute Gasteiger partial charge is 0.138 e. The molecule has 1 aromatic carbocycles. The summed E-state index contributed by atoms with van der Waals surface area (Å²) in [5, 5.41) is 9.14. The van der Waals surface area contributed by atoms with E-state index in [9.17, 15) is 4.79 Å². The number of nitrogens with zero attached hydrogens (tertiary/aromatic N) is 1. The zero-order valence-electron chi connectivity index (χ0n) is 10.6. The molecule has 0 aliphatic heterocycles. The second-order valence-corrected chi connectivity index (χ2v) is 4.16. The molecule has 0 heterocycles. The van der Waals surface area contributed by atoms with Crippen LogP contribution in [0.1, 0.15) is 25.8 Å². The first-order valence-corrected chi connectivity index (χ1v) is 6.17. The van der Waals surface area contributed by atoms with Crippen LogP contribution in [-0.4, -0.2) is 35.4 Å². The van der Waals surface area contributed by atoms with Crippen LogP contribution in [0.2, 0.25) is 0 Å². The van der Waals surface area contributed by atoms with E-state index in [0.29, 0.717) is 12.8 Å². The standard InChI is InChI=1S/C14H21NO2/c1-3-15(4-2)10-9-14(17)11-12-5-7-13(16)8-6-12/h5-8,16H,3-4,9-11H2,1-2H3. The molecule has 0 radical (unpaired) electrons. The van der Waals surface area contributed by atoms with Gasteiger partial charge in [-0.25, -0.2) is 0 Å². The first-order valence-electron chi connectivity index (χ1n) is 6.17. The van der Waals surface area contributed by atoms with Crippen LogP contribution in [0.4, 0.5) is 0 Å². The minimum atomic E-state index is 0.240. The number of ketones is 1. The van der Waals surface area contributed by atoms with Crippen molar-refractivity contribution in [3.05, 3.63) is 29.8 Å². The van der Waals surface area contributed by atoms with Crippen molar-refractivity contribution >= 4 is 5.78 Å². The van der Waals surface area contributed by atoms with Gasteiger partial charge in [-0.1, -0.05) is 26.0 Å². The quantitative estimate of drug-likeness (QED) is 0.788. The number of aromatic hydroxyl groups is 1. The highest BCUT2D eigenvalue weighted by atomic mass is 16.3. The third kappa shape index (κ3) is 5.00. The maximum atomic E-state index is 11.7. The Balaban J connectivity index is 2.37. The third-order valence-electron chi connectivity index (χ3n) is 2.94. The van der Waals surface area contributed by atoms with Gasteiger partial charge in [0.1, 0.15) is 11.5 Å². The van der Waals surface area contributed by atoms with Gasteiger partial charge >= 0.3 is 0 Å². The lowest BCUT2D eigenvalue weighted by atomic mass is 10.1. The highest BCUT2D eigenvalue weighted by Gasteiger charge is 2.06. The average Bonchev–Trinajstić information content (AvgIpc) is 2.33. The summed E-state index contributed by atoms with van der Waals surface area (Å²) < 4.78 is 0. The molecule has 94 valence electrons. The van der Waals surface area contributed by atoms with E-state index < -0.39 is 0 Å². The number of Topliss-reactive ketones (excluding diaryl/α,β-unsaturated/α-hetero) is 1. The highest BCUT2D eigenvalue weighted by molar-refractivity contribution is 5.81. The molecule has 0 saturated heterocycles. The number of phenolic OH excluding ortho intramolecular Hbond substituents is 1. The third-order valence-corrected chi connectivity index (χ3v) is 2.94. The molecule has 1 aromatic rings. The summed E-state index contributed by atoms with van der Waals surface area (Å²) >= 11 is 0. The Morgan fingerprint density at radius 3 is 2.29 bits per heavy atom. The summed E-state index contributed by atoms with van der Waals surface area (Å²) in [5.74, 6) is 0.493. The summed E-state index contributed by atoms with van der Waals surface area (Å²) in [5.41, 5.74) is 0.965. The van der Waals surface area contributed by atoms with Crippen LogP contribution >= 0.6 is 0 Å². The van der Waals surface area contributed by atoms with Gasteiger partial charge < -0.3 is 10.0 Å². The summed E-state index contributed by atoms with van der Waals surface area (Å²) in [7, 11) is 0. The number of benzene rings is 1. The SMILES string of the molecule is CCN(CC)CCC(=O)Cc1ccc(O)cc1. The van der Waals surface area contributed by atoms with E-state index in [1.54, 1.807) is 24.3 Å². The summed E-state index contributed by atoms with van der Waals surface area (Å²) in [6.45, 7) is 7.03. The lowest BCUT2D eigenvalue weighted by Gasteiger charge is -2.16. The monoisotopic (exact) mass is 235 g/mol. The minimum absolute atomic E-state index is 0.240. The lowest BCUT2D eigenvalue weighted by Crippen LogP contribution is -2.26. The van der Waals surface area contributed by atoms with Crippen molar-refractivity contribution < 1.29 is 9.90 Å². The van der Waals surface area contributed by atoms with Crippen molar-refractivity contribution in [3.63, 3.8) is 0 Å². The van der Waals surface area contributed by atoms with Gasteiger partial charge in [0, 0.05) is 19.4 Å². The number of hydrogen-bond donors (Lipinski definition) is 1. The van der Waals surface area contributed by atoms with Crippen molar-refractivity contribution in [2.75, 3.05) is 19.6 Å². The summed E-state index contributed by atoms with van der Waals surface area (Å²) in [4.78, 5) is 14.0. The fraction of sp³-hybridized carbons (Fsp3) is 0.500. The van der Waals surface area contributed by atoms with Gasteiger partial charge in [-0.2, -0.15) is 0 Å². The second kappa shape index (κ2) is 7.07. The van der Waals surface area contributed by atoms with E-state index in [4.69, 9.17) is 5.11 Å². The molecule has 0 spiro atoms. The van der Waals surface area contributed by atoms with Crippen molar-refractivity contribution in [1.29, 1.82) is 0 Å². The largest absolute Gasteiger partial charge is 0.508 e. The van der Waals surface area contributed by atoms with Crippen molar-refractivity contribution in [2.24, 2.45) is 0 Å². The Hall–Kier alpha value is -1.35. The van der Waals surface area contributed by atoms with Gasteiger partial charge in [0.25, 0.3) is 0 Å². The molecule has 0 bridgehead atoms. The summed E-state index contributed by atoms with van der Waals surface area (Å²) in [6, 6.07) is 6.83. The number of phenols is 1. The number of carbonyl (C=O) groups is 1. The predicted molar refractivity (Wildman–Crippen MR) is 69.2 cm³/mol. The maximum absolute atomic E-state index is 11.7. The second-order valence-electron chi connectivity index (χ2n) is 4.16. The first-order chi connectivity index (χ1) is 8.15. The number of carbonyl (C=O) groups excluding carboxylic acids is 1. The van der Waals surface area contributed by atoms with Crippen LogP contribution in [0, 0.1) is 0 Å². The minimum Gasteiger partial charge on any atom is -0.508 e. The molecule has 0 aliphatic rings. The van der Waals surface area contributed by atoms with Crippen LogP contribution in [0.25, 0.3) is 0 Å². The van der Waals surface area contributed by atoms with E-state index in [1.807, 2.05) is 0 Å². The lowest BCUT2D eigenvalue weighted by molar-refractivity contribution is -0.118. The fourth-order valence-electron chi connectivity index (χ4n) is 1.75. The molecular formula is C14H21NO2. The van der Waals surface area contributed by atoms with E-state index in [0.717, 1.165) is 25.2 Å². The Kier molecular flexibility index (Phi) is 5.70.